The van der Waals surface area contributed by atoms with Gasteiger partial charge in [0, 0.05) is 31.7 Å². The zero-order valence-corrected chi connectivity index (χ0v) is 14.2. The molecule has 0 aliphatic rings. The molecule has 106 valence electrons. The normalized spacial score (nSPS) is 11.5. The van der Waals surface area contributed by atoms with E-state index in [1.807, 2.05) is 24.9 Å². The number of guanidine groups is 1. The molecule has 1 aromatic carbocycles. The van der Waals surface area contributed by atoms with Crippen molar-refractivity contribution in [3.63, 3.8) is 0 Å². The average Bonchev–Trinajstić information content (AvgIpc) is 2.41. The number of nitrogens with zero attached hydrogens (tertiary/aromatic N) is 2. The lowest BCUT2D eigenvalue weighted by atomic mass is 10.2. The van der Waals surface area contributed by atoms with Gasteiger partial charge in [-0.3, -0.25) is 4.99 Å². The maximum absolute atomic E-state index is 4.32. The molecule has 0 saturated heterocycles. The third-order valence-corrected chi connectivity index (χ3v) is 4.22. The van der Waals surface area contributed by atoms with E-state index >= 15 is 0 Å². The summed E-state index contributed by atoms with van der Waals surface area (Å²) in [4.78, 5) is 6.46. The van der Waals surface area contributed by atoms with Crippen molar-refractivity contribution in [2.45, 2.75) is 13.0 Å². The first-order valence-corrected chi connectivity index (χ1v) is 8.52. The summed E-state index contributed by atoms with van der Waals surface area (Å²) in [5.41, 5.74) is 1.26. The fourth-order valence-corrected chi connectivity index (χ4v) is 2.60. The van der Waals surface area contributed by atoms with Gasteiger partial charge in [-0.15, -0.1) is 0 Å². The van der Waals surface area contributed by atoms with E-state index in [4.69, 9.17) is 0 Å². The van der Waals surface area contributed by atoms with Crippen LogP contribution in [0.15, 0.2) is 33.7 Å². The van der Waals surface area contributed by atoms with E-state index in [-0.39, 0.29) is 0 Å². The van der Waals surface area contributed by atoms with Crippen molar-refractivity contribution in [3.8, 4) is 0 Å². The lowest BCUT2D eigenvalue weighted by molar-refractivity contribution is 0.476. The lowest BCUT2D eigenvalue weighted by Gasteiger charge is -2.22. The average molecular weight is 344 g/mol. The summed E-state index contributed by atoms with van der Waals surface area (Å²) in [5, 5.41) is 3.39. The van der Waals surface area contributed by atoms with E-state index in [2.05, 4.69) is 62.6 Å². The van der Waals surface area contributed by atoms with Crippen LogP contribution in [0.2, 0.25) is 0 Å². The predicted molar refractivity (Wildman–Crippen MR) is 90.0 cm³/mol. The SMILES string of the molecule is CN=C(NCCCSC)N(C)Cc1ccccc1Br. The van der Waals surface area contributed by atoms with Crippen LogP contribution in [-0.4, -0.2) is 43.5 Å². The molecule has 0 unspecified atom stereocenters. The minimum atomic E-state index is 0.837. The predicted octanol–water partition coefficient (Wildman–Crippen LogP) is 3.21. The molecule has 0 radical (unpaired) electrons. The molecule has 1 rings (SSSR count). The van der Waals surface area contributed by atoms with Gasteiger partial charge in [-0.2, -0.15) is 11.8 Å². The Balaban J connectivity index is 2.50. The number of aliphatic imine (C=N–C) groups is 1. The van der Waals surface area contributed by atoms with Crippen LogP contribution < -0.4 is 5.32 Å². The summed E-state index contributed by atoms with van der Waals surface area (Å²) >= 11 is 5.45. The molecule has 1 N–H and O–H groups in total. The largest absolute Gasteiger partial charge is 0.356 e. The molecule has 19 heavy (non-hydrogen) atoms. The van der Waals surface area contributed by atoms with Crippen molar-refractivity contribution in [1.82, 2.24) is 10.2 Å². The van der Waals surface area contributed by atoms with Crippen LogP contribution in [0.4, 0.5) is 0 Å². The first-order valence-electron chi connectivity index (χ1n) is 6.33. The summed E-state index contributed by atoms with van der Waals surface area (Å²) in [6.07, 6.45) is 3.29. The van der Waals surface area contributed by atoms with Crippen LogP contribution in [-0.2, 0) is 6.54 Å². The molecule has 0 saturated carbocycles. The fraction of sp³-hybridized carbons (Fsp3) is 0.500. The van der Waals surface area contributed by atoms with Gasteiger partial charge in [0.2, 0.25) is 0 Å². The van der Waals surface area contributed by atoms with Crippen LogP contribution in [0.5, 0.6) is 0 Å². The monoisotopic (exact) mass is 343 g/mol. The molecule has 0 atom stereocenters. The van der Waals surface area contributed by atoms with Gasteiger partial charge >= 0.3 is 0 Å². The van der Waals surface area contributed by atoms with E-state index in [0.29, 0.717) is 0 Å². The van der Waals surface area contributed by atoms with E-state index in [1.165, 1.54) is 11.3 Å². The van der Waals surface area contributed by atoms with Gasteiger partial charge in [-0.05, 0) is 30.1 Å². The minimum Gasteiger partial charge on any atom is -0.356 e. The van der Waals surface area contributed by atoms with Gasteiger partial charge in [0.25, 0.3) is 0 Å². The van der Waals surface area contributed by atoms with E-state index in [1.54, 1.807) is 0 Å². The Morgan fingerprint density at radius 1 is 1.42 bits per heavy atom. The summed E-state index contributed by atoms with van der Waals surface area (Å²) in [6.45, 7) is 1.80. The maximum atomic E-state index is 4.32. The van der Waals surface area contributed by atoms with Crippen molar-refractivity contribution < 1.29 is 0 Å². The Kier molecular flexibility index (Phi) is 7.98. The summed E-state index contributed by atoms with van der Waals surface area (Å²) in [6, 6.07) is 8.28. The second-order valence-electron chi connectivity index (χ2n) is 4.27. The molecular formula is C14H22BrN3S. The quantitative estimate of drug-likeness (QED) is 0.488. The smallest absolute Gasteiger partial charge is 0.193 e. The molecule has 0 spiro atoms. The van der Waals surface area contributed by atoms with Crippen LogP contribution >= 0.6 is 27.7 Å². The van der Waals surface area contributed by atoms with Crippen LogP contribution in [0.3, 0.4) is 0 Å². The van der Waals surface area contributed by atoms with Crippen molar-refractivity contribution in [2.75, 3.05) is 32.6 Å². The summed E-state index contributed by atoms with van der Waals surface area (Å²) < 4.78 is 1.14. The van der Waals surface area contributed by atoms with Crippen molar-refractivity contribution in [1.29, 1.82) is 0 Å². The fourth-order valence-electron chi connectivity index (χ4n) is 1.76. The van der Waals surface area contributed by atoms with Gasteiger partial charge in [0.1, 0.15) is 0 Å². The van der Waals surface area contributed by atoms with Crippen molar-refractivity contribution in [2.24, 2.45) is 4.99 Å². The standard InChI is InChI=1S/C14H22BrN3S/c1-16-14(17-9-6-10-19-3)18(2)11-12-7-4-5-8-13(12)15/h4-5,7-8H,6,9-11H2,1-3H3,(H,16,17). The Bertz CT molecular complexity index is 409. The Morgan fingerprint density at radius 2 is 2.16 bits per heavy atom. The zero-order chi connectivity index (χ0) is 14.1. The van der Waals surface area contributed by atoms with Gasteiger partial charge in [-0.25, -0.2) is 0 Å². The zero-order valence-electron chi connectivity index (χ0n) is 11.8. The van der Waals surface area contributed by atoms with Gasteiger partial charge < -0.3 is 10.2 Å². The molecule has 3 nitrogen and oxygen atoms in total. The Morgan fingerprint density at radius 3 is 2.79 bits per heavy atom. The van der Waals surface area contributed by atoms with Crippen LogP contribution in [0.1, 0.15) is 12.0 Å². The second kappa shape index (κ2) is 9.26. The highest BCUT2D eigenvalue weighted by molar-refractivity contribution is 9.10. The van der Waals surface area contributed by atoms with Gasteiger partial charge in [0.05, 0.1) is 0 Å². The number of benzene rings is 1. The molecule has 5 heteroatoms. The highest BCUT2D eigenvalue weighted by Crippen LogP contribution is 2.17. The molecular weight excluding hydrogens is 322 g/mol. The first kappa shape index (κ1) is 16.4. The Hall–Kier alpha value is -0.680. The summed E-state index contributed by atoms with van der Waals surface area (Å²) in [7, 11) is 3.89. The summed E-state index contributed by atoms with van der Waals surface area (Å²) in [5.74, 6) is 2.12. The van der Waals surface area contributed by atoms with Crippen molar-refractivity contribution in [3.05, 3.63) is 34.3 Å². The molecule has 0 aliphatic carbocycles. The number of hydrogen-bond donors (Lipinski definition) is 1. The van der Waals surface area contributed by atoms with E-state index in [0.717, 1.165) is 29.9 Å². The molecule has 0 aromatic heterocycles. The van der Waals surface area contributed by atoms with Gasteiger partial charge in [-0.1, -0.05) is 34.1 Å². The molecule has 0 aliphatic heterocycles. The molecule has 0 fully saturated rings. The molecule has 0 amide bonds. The number of nitrogens with one attached hydrogen (secondary N) is 1. The minimum absolute atomic E-state index is 0.837. The first-order chi connectivity index (χ1) is 9.19. The third-order valence-electron chi connectivity index (χ3n) is 2.75. The lowest BCUT2D eigenvalue weighted by Crippen LogP contribution is -2.39. The maximum Gasteiger partial charge on any atom is 0.193 e. The number of halogens is 1. The van der Waals surface area contributed by atoms with E-state index in [9.17, 15) is 0 Å². The number of thioether (sulfide) groups is 1. The van der Waals surface area contributed by atoms with E-state index < -0.39 is 0 Å². The van der Waals surface area contributed by atoms with Crippen molar-refractivity contribution >= 4 is 33.7 Å². The van der Waals surface area contributed by atoms with Crippen LogP contribution in [0.25, 0.3) is 0 Å². The number of rotatable bonds is 6. The second-order valence-corrected chi connectivity index (χ2v) is 6.11. The topological polar surface area (TPSA) is 27.6 Å². The Labute approximate surface area is 129 Å². The number of hydrogen-bond acceptors (Lipinski definition) is 2. The van der Waals surface area contributed by atoms with Gasteiger partial charge in [0.15, 0.2) is 5.96 Å². The highest BCUT2D eigenvalue weighted by Gasteiger charge is 2.07. The highest BCUT2D eigenvalue weighted by atomic mass is 79.9. The van der Waals surface area contributed by atoms with Crippen LogP contribution in [0, 0.1) is 0 Å². The molecule has 0 bridgehead atoms. The molecule has 0 heterocycles. The molecule has 1 aromatic rings. The third kappa shape index (κ3) is 5.87.